The van der Waals surface area contributed by atoms with Crippen LogP contribution in [0.25, 0.3) is 0 Å². The number of rotatable bonds is 7. The molecule has 0 fully saturated rings. The molecule has 0 saturated carbocycles. The molecule has 2 rings (SSSR count). The van der Waals surface area contributed by atoms with Crippen molar-refractivity contribution in [1.29, 1.82) is 0 Å². The van der Waals surface area contributed by atoms with Gasteiger partial charge in [-0.3, -0.25) is 0 Å². The topological polar surface area (TPSA) is 9.23 Å². The Kier molecular flexibility index (Phi) is 6.46. The number of hydrogen-bond donors (Lipinski definition) is 0. The van der Waals surface area contributed by atoms with E-state index in [4.69, 9.17) is 4.74 Å². The van der Waals surface area contributed by atoms with Crippen LogP contribution < -0.4 is 0 Å². The van der Waals surface area contributed by atoms with E-state index in [1.165, 1.54) is 16.7 Å². The molecule has 0 amide bonds. The average Bonchev–Trinajstić information content (AvgIpc) is 2.54. The summed E-state index contributed by atoms with van der Waals surface area (Å²) in [7, 11) is 0. The van der Waals surface area contributed by atoms with Gasteiger partial charge in [-0.25, -0.2) is 0 Å². The van der Waals surface area contributed by atoms with Crippen LogP contribution in [0.15, 0.2) is 66.9 Å². The second-order valence-corrected chi connectivity index (χ2v) is 6.96. The molecule has 0 spiro atoms. The summed E-state index contributed by atoms with van der Waals surface area (Å²) in [5, 5.41) is 0. The molecule has 0 aromatic heterocycles. The molecule has 0 aliphatic heterocycles. The minimum atomic E-state index is 0.227. The highest BCUT2D eigenvalue weighted by atomic mass is 16.5. The number of allylic oxidation sites excluding steroid dienone is 1. The third kappa shape index (κ3) is 6.32. The number of aryl methyl sites for hydroxylation is 1. The first-order valence-corrected chi connectivity index (χ1v) is 8.46. The Morgan fingerprint density at radius 3 is 2.13 bits per heavy atom. The highest BCUT2D eigenvalue weighted by Gasteiger charge is 2.12. The van der Waals surface area contributed by atoms with Crippen LogP contribution in [0.4, 0.5) is 0 Å². The zero-order valence-electron chi connectivity index (χ0n) is 14.6. The lowest BCUT2D eigenvalue weighted by molar-refractivity contribution is 0.252. The molecule has 2 aromatic rings. The molecule has 0 unspecified atom stereocenters. The molecule has 1 nitrogen and oxygen atoms in total. The second-order valence-electron chi connectivity index (χ2n) is 6.96. The van der Waals surface area contributed by atoms with E-state index in [0.29, 0.717) is 0 Å². The van der Waals surface area contributed by atoms with Crippen LogP contribution in [0, 0.1) is 0 Å². The molecule has 0 N–H and O–H groups in total. The maximum absolute atomic E-state index is 5.56. The summed E-state index contributed by atoms with van der Waals surface area (Å²) in [5.74, 6) is 0. The van der Waals surface area contributed by atoms with Crippen molar-refractivity contribution in [2.75, 3.05) is 6.61 Å². The first-order chi connectivity index (χ1) is 11.1. The largest absolute Gasteiger partial charge is 0.501 e. The number of hydrogen-bond acceptors (Lipinski definition) is 1. The maximum atomic E-state index is 5.56. The van der Waals surface area contributed by atoms with Crippen molar-refractivity contribution < 1.29 is 4.74 Å². The van der Waals surface area contributed by atoms with E-state index in [1.807, 2.05) is 12.3 Å². The highest BCUT2D eigenvalue weighted by Crippen LogP contribution is 2.22. The normalized spacial score (nSPS) is 11.8. The molecule has 0 heterocycles. The molecule has 0 bridgehead atoms. The Morgan fingerprint density at radius 2 is 1.48 bits per heavy atom. The molecule has 1 heteroatoms. The minimum Gasteiger partial charge on any atom is -0.501 e. The van der Waals surface area contributed by atoms with Gasteiger partial charge in [-0.05, 0) is 41.0 Å². The van der Waals surface area contributed by atoms with Crippen molar-refractivity contribution in [3.63, 3.8) is 0 Å². The monoisotopic (exact) mass is 308 g/mol. The first kappa shape index (κ1) is 17.3. The van der Waals surface area contributed by atoms with E-state index < -0.39 is 0 Å². The van der Waals surface area contributed by atoms with Gasteiger partial charge in [0.25, 0.3) is 0 Å². The summed E-state index contributed by atoms with van der Waals surface area (Å²) in [5.41, 5.74) is 4.32. The Morgan fingerprint density at radius 1 is 0.826 bits per heavy atom. The summed E-state index contributed by atoms with van der Waals surface area (Å²) in [6.07, 6.45) is 6.98. The van der Waals surface area contributed by atoms with Crippen molar-refractivity contribution in [3.8, 4) is 0 Å². The molecule has 0 aliphatic rings. The van der Waals surface area contributed by atoms with Gasteiger partial charge in [-0.15, -0.1) is 0 Å². The molecular weight excluding hydrogens is 280 g/mol. The lowest BCUT2D eigenvalue weighted by atomic mass is 9.86. The molecule has 0 radical (unpaired) electrons. The Balaban J connectivity index is 1.64. The van der Waals surface area contributed by atoms with Crippen LogP contribution in [0.2, 0.25) is 0 Å². The third-order valence-corrected chi connectivity index (χ3v) is 3.96. The third-order valence-electron chi connectivity index (χ3n) is 3.96. The van der Waals surface area contributed by atoms with Gasteiger partial charge >= 0.3 is 0 Å². The van der Waals surface area contributed by atoms with Crippen molar-refractivity contribution in [1.82, 2.24) is 0 Å². The number of ether oxygens (including phenoxy) is 1. The molecular formula is C22H28O. The quantitative estimate of drug-likeness (QED) is 0.471. The summed E-state index contributed by atoms with van der Waals surface area (Å²) in [6.45, 7) is 7.48. The van der Waals surface area contributed by atoms with E-state index >= 15 is 0 Å². The van der Waals surface area contributed by atoms with Gasteiger partial charge in [0.15, 0.2) is 0 Å². The van der Waals surface area contributed by atoms with E-state index in [2.05, 4.69) is 75.4 Å². The van der Waals surface area contributed by atoms with Gasteiger partial charge in [0.2, 0.25) is 0 Å². The smallest absolute Gasteiger partial charge is 0.0913 e. The van der Waals surface area contributed by atoms with Crippen molar-refractivity contribution in [3.05, 3.63) is 83.6 Å². The summed E-state index contributed by atoms with van der Waals surface area (Å²) in [4.78, 5) is 0. The molecule has 0 aliphatic carbocycles. The molecule has 122 valence electrons. The van der Waals surface area contributed by atoms with Crippen LogP contribution in [0.1, 0.15) is 43.9 Å². The van der Waals surface area contributed by atoms with E-state index in [9.17, 15) is 0 Å². The van der Waals surface area contributed by atoms with Gasteiger partial charge < -0.3 is 4.74 Å². The summed E-state index contributed by atoms with van der Waals surface area (Å²) < 4.78 is 5.56. The Labute approximate surface area is 141 Å². The molecule has 0 saturated heterocycles. The van der Waals surface area contributed by atoms with E-state index in [-0.39, 0.29) is 5.41 Å². The highest BCUT2D eigenvalue weighted by molar-refractivity contribution is 5.27. The fourth-order valence-corrected chi connectivity index (χ4v) is 2.45. The van der Waals surface area contributed by atoms with Crippen LogP contribution >= 0.6 is 0 Å². The fourth-order valence-electron chi connectivity index (χ4n) is 2.45. The fraction of sp³-hybridized carbons (Fsp3) is 0.364. The number of benzene rings is 2. The van der Waals surface area contributed by atoms with Crippen LogP contribution in [-0.2, 0) is 23.0 Å². The maximum Gasteiger partial charge on any atom is 0.0913 e. The zero-order valence-corrected chi connectivity index (χ0v) is 14.6. The van der Waals surface area contributed by atoms with E-state index in [0.717, 1.165) is 25.9 Å². The van der Waals surface area contributed by atoms with Gasteiger partial charge in [-0.1, -0.05) is 75.4 Å². The van der Waals surface area contributed by atoms with Gasteiger partial charge in [0.1, 0.15) is 0 Å². The summed E-state index contributed by atoms with van der Waals surface area (Å²) >= 11 is 0. The predicted molar refractivity (Wildman–Crippen MR) is 98.7 cm³/mol. The Bertz CT molecular complexity index is 588. The molecule has 2 aromatic carbocycles. The lowest BCUT2D eigenvalue weighted by Crippen LogP contribution is -2.10. The lowest BCUT2D eigenvalue weighted by Gasteiger charge is -2.19. The molecule has 23 heavy (non-hydrogen) atoms. The van der Waals surface area contributed by atoms with Crippen LogP contribution in [0.5, 0.6) is 0 Å². The molecule has 0 atom stereocenters. The predicted octanol–water partition coefficient (Wildman–Crippen LogP) is 5.69. The first-order valence-electron chi connectivity index (χ1n) is 8.46. The average molecular weight is 308 g/mol. The van der Waals surface area contributed by atoms with Gasteiger partial charge in [0, 0.05) is 6.42 Å². The van der Waals surface area contributed by atoms with Crippen molar-refractivity contribution >= 4 is 0 Å². The van der Waals surface area contributed by atoms with Crippen molar-refractivity contribution in [2.24, 2.45) is 0 Å². The minimum absolute atomic E-state index is 0.227. The standard InChI is InChI=1S/C22H28O/c1-22(2,3)21-14-12-20(13-15-21)11-7-8-17-23-18-16-19-9-5-4-6-10-19/h4-6,8-10,12-15,17H,7,11,16,18H2,1-3H3. The van der Waals surface area contributed by atoms with Gasteiger partial charge in [-0.2, -0.15) is 0 Å². The van der Waals surface area contributed by atoms with Crippen LogP contribution in [-0.4, -0.2) is 6.61 Å². The Hall–Kier alpha value is -2.02. The SMILES string of the molecule is CC(C)(C)c1ccc(CCC=COCCc2ccccc2)cc1. The summed E-state index contributed by atoms with van der Waals surface area (Å²) in [6, 6.07) is 19.4. The van der Waals surface area contributed by atoms with Gasteiger partial charge in [0.05, 0.1) is 12.9 Å². The second kappa shape index (κ2) is 8.57. The zero-order chi connectivity index (χ0) is 16.5. The van der Waals surface area contributed by atoms with E-state index in [1.54, 1.807) is 0 Å². The van der Waals surface area contributed by atoms with Crippen molar-refractivity contribution in [2.45, 2.75) is 45.4 Å². The van der Waals surface area contributed by atoms with Crippen LogP contribution in [0.3, 0.4) is 0 Å².